The van der Waals surface area contributed by atoms with E-state index in [0.717, 1.165) is 31.2 Å². The van der Waals surface area contributed by atoms with Crippen LogP contribution in [0.4, 0.5) is 5.69 Å². The van der Waals surface area contributed by atoms with Crippen LogP contribution in [0.1, 0.15) is 48.0 Å². The van der Waals surface area contributed by atoms with Crippen LogP contribution in [0.3, 0.4) is 0 Å². The summed E-state index contributed by atoms with van der Waals surface area (Å²) in [5, 5.41) is 0. The monoisotopic (exact) mass is 386 g/mol. The number of nitrogens with zero attached hydrogens (tertiary/aromatic N) is 1. The maximum Gasteiger partial charge on any atom is 0.261 e. The average molecular weight is 387 g/mol. The van der Waals surface area contributed by atoms with Crippen molar-refractivity contribution in [3.05, 3.63) is 59.7 Å². The molecule has 144 valence electrons. The summed E-state index contributed by atoms with van der Waals surface area (Å²) in [6.07, 6.45) is 5.51. The number of aryl methyl sites for hydroxylation is 1. The first-order valence-corrected chi connectivity index (χ1v) is 10.8. The molecular weight excluding hydrogens is 360 g/mol. The Kier molecular flexibility index (Phi) is 5.85. The summed E-state index contributed by atoms with van der Waals surface area (Å²) in [5.74, 6) is -0.130. The lowest BCUT2D eigenvalue weighted by Crippen LogP contribution is -2.38. The Morgan fingerprint density at radius 2 is 1.70 bits per heavy atom. The van der Waals surface area contributed by atoms with Gasteiger partial charge in [-0.25, -0.2) is 8.42 Å². The van der Waals surface area contributed by atoms with Gasteiger partial charge in [-0.05, 0) is 50.1 Å². The molecule has 3 rings (SSSR count). The van der Waals surface area contributed by atoms with E-state index in [4.69, 9.17) is 0 Å². The molecule has 0 aromatic heterocycles. The van der Waals surface area contributed by atoms with E-state index in [9.17, 15) is 13.2 Å². The number of amides is 1. The van der Waals surface area contributed by atoms with Crippen LogP contribution in [0.2, 0.25) is 0 Å². The number of hydrogen-bond donors (Lipinski definition) is 1. The van der Waals surface area contributed by atoms with Crippen LogP contribution in [0, 0.1) is 6.92 Å². The van der Waals surface area contributed by atoms with Crippen molar-refractivity contribution in [3.8, 4) is 0 Å². The van der Waals surface area contributed by atoms with Crippen LogP contribution < -0.4 is 4.72 Å². The van der Waals surface area contributed by atoms with E-state index in [1.807, 2.05) is 26.1 Å². The third kappa shape index (κ3) is 4.69. The topological polar surface area (TPSA) is 66.5 Å². The zero-order valence-corrected chi connectivity index (χ0v) is 16.6. The zero-order valence-electron chi connectivity index (χ0n) is 15.8. The molecule has 0 radical (unpaired) electrons. The van der Waals surface area contributed by atoms with E-state index < -0.39 is 10.0 Å². The molecule has 2 aromatic carbocycles. The highest BCUT2D eigenvalue weighted by Gasteiger charge is 2.24. The van der Waals surface area contributed by atoms with Crippen molar-refractivity contribution in [3.63, 3.8) is 0 Å². The van der Waals surface area contributed by atoms with Gasteiger partial charge in [0.15, 0.2) is 0 Å². The van der Waals surface area contributed by atoms with Crippen LogP contribution in [-0.2, 0) is 10.0 Å². The van der Waals surface area contributed by atoms with Crippen LogP contribution in [0.25, 0.3) is 0 Å². The Morgan fingerprint density at radius 3 is 2.37 bits per heavy atom. The largest absolute Gasteiger partial charge is 0.339 e. The van der Waals surface area contributed by atoms with E-state index >= 15 is 0 Å². The van der Waals surface area contributed by atoms with E-state index in [1.165, 1.54) is 18.6 Å². The van der Waals surface area contributed by atoms with Crippen molar-refractivity contribution >= 4 is 21.6 Å². The van der Waals surface area contributed by atoms with E-state index in [2.05, 4.69) is 4.72 Å². The molecule has 0 spiro atoms. The molecule has 1 fully saturated rings. The van der Waals surface area contributed by atoms with Gasteiger partial charge in [-0.15, -0.1) is 0 Å². The van der Waals surface area contributed by atoms with Crippen molar-refractivity contribution in [1.29, 1.82) is 0 Å². The SMILES string of the molecule is Cc1ccc(NS(=O)(=O)c2cccc(C(=O)N(C)C3CCCCC3)c2)cc1. The Bertz CT molecular complexity index is 901. The Labute approximate surface area is 161 Å². The van der Waals surface area contributed by atoms with Gasteiger partial charge in [-0.1, -0.05) is 43.0 Å². The molecule has 6 heteroatoms. The fourth-order valence-corrected chi connectivity index (χ4v) is 4.57. The second-order valence-electron chi connectivity index (χ2n) is 7.21. The normalized spacial score (nSPS) is 15.3. The van der Waals surface area contributed by atoms with E-state index in [0.29, 0.717) is 11.3 Å². The molecule has 27 heavy (non-hydrogen) atoms. The summed E-state index contributed by atoms with van der Waals surface area (Å²) in [6.45, 7) is 1.94. The molecule has 1 N–H and O–H groups in total. The first-order chi connectivity index (χ1) is 12.9. The predicted molar refractivity (Wildman–Crippen MR) is 107 cm³/mol. The lowest BCUT2D eigenvalue weighted by molar-refractivity contribution is 0.0696. The number of anilines is 1. The van der Waals surface area contributed by atoms with Crippen molar-refractivity contribution in [2.75, 3.05) is 11.8 Å². The summed E-state index contributed by atoms with van der Waals surface area (Å²) in [4.78, 5) is 14.7. The summed E-state index contributed by atoms with van der Waals surface area (Å²) < 4.78 is 28.0. The zero-order chi connectivity index (χ0) is 19.4. The molecular formula is C21H26N2O3S. The number of benzene rings is 2. The fraction of sp³-hybridized carbons (Fsp3) is 0.381. The minimum atomic E-state index is -3.75. The predicted octanol–water partition coefficient (Wildman–Crippen LogP) is 4.20. The number of rotatable bonds is 5. The third-order valence-electron chi connectivity index (χ3n) is 5.14. The van der Waals surface area contributed by atoms with Gasteiger partial charge in [-0.3, -0.25) is 9.52 Å². The first kappa shape index (κ1) is 19.4. The quantitative estimate of drug-likeness (QED) is 0.837. The molecule has 1 saturated carbocycles. The van der Waals surface area contributed by atoms with Crippen molar-refractivity contribution < 1.29 is 13.2 Å². The molecule has 0 unspecified atom stereocenters. The number of carbonyl (C=O) groups is 1. The van der Waals surface area contributed by atoms with Crippen molar-refractivity contribution in [2.24, 2.45) is 0 Å². The second-order valence-corrected chi connectivity index (χ2v) is 8.89. The minimum Gasteiger partial charge on any atom is -0.339 e. The summed E-state index contributed by atoms with van der Waals surface area (Å²) >= 11 is 0. The van der Waals surface area contributed by atoms with Gasteiger partial charge >= 0.3 is 0 Å². The minimum absolute atomic E-state index is 0.0889. The molecule has 0 aliphatic heterocycles. The highest BCUT2D eigenvalue weighted by Crippen LogP contribution is 2.24. The second kappa shape index (κ2) is 8.13. The summed E-state index contributed by atoms with van der Waals surface area (Å²) in [5.41, 5.74) is 1.95. The summed E-state index contributed by atoms with van der Waals surface area (Å²) in [6, 6.07) is 13.6. The van der Waals surface area contributed by atoms with Crippen LogP contribution in [0.5, 0.6) is 0 Å². The molecule has 0 saturated heterocycles. The molecule has 1 aliphatic rings. The molecule has 0 heterocycles. The summed E-state index contributed by atoms with van der Waals surface area (Å²) in [7, 11) is -1.94. The Morgan fingerprint density at radius 1 is 1.04 bits per heavy atom. The smallest absolute Gasteiger partial charge is 0.261 e. The number of nitrogens with one attached hydrogen (secondary N) is 1. The van der Waals surface area contributed by atoms with Gasteiger partial charge < -0.3 is 4.90 Å². The van der Waals surface area contributed by atoms with Crippen molar-refractivity contribution in [2.45, 2.75) is 50.0 Å². The number of hydrogen-bond acceptors (Lipinski definition) is 3. The maximum atomic E-state index is 12.8. The van der Waals surface area contributed by atoms with E-state index in [-0.39, 0.29) is 16.8 Å². The third-order valence-corrected chi connectivity index (χ3v) is 6.52. The standard InChI is InChI=1S/C21H26N2O3S/c1-16-11-13-18(14-12-16)22-27(25,26)20-10-6-7-17(15-20)21(24)23(2)19-8-4-3-5-9-19/h6-7,10-15,19,22H,3-5,8-9H2,1-2H3. The first-order valence-electron chi connectivity index (χ1n) is 9.33. The highest BCUT2D eigenvalue weighted by molar-refractivity contribution is 7.92. The average Bonchev–Trinajstić information content (AvgIpc) is 2.69. The van der Waals surface area contributed by atoms with Gasteiger partial charge in [-0.2, -0.15) is 0 Å². The van der Waals surface area contributed by atoms with Gasteiger partial charge in [0.2, 0.25) is 0 Å². The maximum absolute atomic E-state index is 12.8. The lowest BCUT2D eigenvalue weighted by atomic mass is 9.94. The van der Waals surface area contributed by atoms with Crippen LogP contribution >= 0.6 is 0 Å². The molecule has 1 amide bonds. The lowest BCUT2D eigenvalue weighted by Gasteiger charge is -2.31. The van der Waals surface area contributed by atoms with Gasteiger partial charge in [0, 0.05) is 24.3 Å². The molecule has 2 aromatic rings. The van der Waals surface area contributed by atoms with Crippen LogP contribution in [-0.4, -0.2) is 32.3 Å². The Balaban J connectivity index is 1.79. The number of sulfonamides is 1. The van der Waals surface area contributed by atoms with Gasteiger partial charge in [0.1, 0.15) is 0 Å². The van der Waals surface area contributed by atoms with Gasteiger partial charge in [0.05, 0.1) is 4.90 Å². The van der Waals surface area contributed by atoms with E-state index in [1.54, 1.807) is 29.2 Å². The molecule has 5 nitrogen and oxygen atoms in total. The van der Waals surface area contributed by atoms with Crippen LogP contribution in [0.15, 0.2) is 53.4 Å². The van der Waals surface area contributed by atoms with Gasteiger partial charge in [0.25, 0.3) is 15.9 Å². The number of carbonyl (C=O) groups excluding carboxylic acids is 1. The fourth-order valence-electron chi connectivity index (χ4n) is 3.47. The molecule has 1 aliphatic carbocycles. The molecule has 0 atom stereocenters. The molecule has 0 bridgehead atoms. The highest BCUT2D eigenvalue weighted by atomic mass is 32.2. The van der Waals surface area contributed by atoms with Crippen molar-refractivity contribution in [1.82, 2.24) is 4.90 Å². The Hall–Kier alpha value is -2.34.